The van der Waals surface area contributed by atoms with Crippen molar-refractivity contribution in [2.24, 2.45) is 23.7 Å². The van der Waals surface area contributed by atoms with Crippen molar-refractivity contribution in [2.45, 2.75) is 42.9 Å². The molecule has 1 spiro atoms. The molecule has 4 saturated carbocycles. The highest BCUT2D eigenvalue weighted by Crippen LogP contribution is 2.70. The number of hydrogen-bond acceptors (Lipinski definition) is 2. The smallest absolute Gasteiger partial charge is 0.0708 e. The predicted octanol–water partition coefficient (Wildman–Crippen LogP) is 19.0. The maximum atomic E-state index is 2.64. The van der Waals surface area contributed by atoms with E-state index in [1.165, 1.54) is 114 Å². The molecule has 73 heavy (non-hydrogen) atoms. The van der Waals surface area contributed by atoms with E-state index in [1.54, 1.807) is 11.1 Å². The minimum absolute atomic E-state index is 0.0399. The molecule has 350 valence electrons. The first-order valence-electron chi connectivity index (χ1n) is 26.6. The number of hydrogen-bond donors (Lipinski definition) is 0. The molecule has 0 saturated heterocycles. The molecule has 0 atom stereocenters. The van der Waals surface area contributed by atoms with Crippen molar-refractivity contribution >= 4 is 48.6 Å². The Balaban J connectivity index is 0.946. The second-order valence-corrected chi connectivity index (χ2v) is 22.6. The van der Waals surface area contributed by atoms with Gasteiger partial charge in [0, 0.05) is 42.6 Å². The lowest BCUT2D eigenvalue weighted by Crippen LogP contribution is -2.59. The van der Waals surface area contributed by atoms with Crippen molar-refractivity contribution in [3.63, 3.8) is 0 Å². The summed E-state index contributed by atoms with van der Waals surface area (Å²) in [7, 11) is 0. The third-order valence-electron chi connectivity index (χ3n) is 18.0. The fraction of sp³-hybridized carbons (Fsp3) is 0.155. The second-order valence-electron chi connectivity index (χ2n) is 21.5. The summed E-state index contributed by atoms with van der Waals surface area (Å²) < 4.78 is 2.65. The number of anilines is 3. The van der Waals surface area contributed by atoms with Crippen LogP contribution in [-0.2, 0) is 10.8 Å². The van der Waals surface area contributed by atoms with Crippen molar-refractivity contribution < 1.29 is 0 Å². The van der Waals surface area contributed by atoms with Crippen molar-refractivity contribution in [1.82, 2.24) is 0 Å². The van der Waals surface area contributed by atoms with Crippen LogP contribution in [0.15, 0.2) is 249 Å². The van der Waals surface area contributed by atoms with Crippen LogP contribution >= 0.6 is 11.3 Å². The molecule has 5 aliphatic carbocycles. The molecule has 1 heterocycles. The van der Waals surface area contributed by atoms with Crippen LogP contribution in [-0.4, -0.2) is 0 Å². The zero-order valence-electron chi connectivity index (χ0n) is 40.9. The van der Waals surface area contributed by atoms with Crippen LogP contribution < -0.4 is 4.90 Å². The van der Waals surface area contributed by atoms with E-state index in [1.807, 2.05) is 11.3 Å². The summed E-state index contributed by atoms with van der Waals surface area (Å²) in [4.78, 5) is 2.52. The molecular weight excluding hydrogens is 899 g/mol. The Bertz CT molecular complexity index is 3780. The zero-order chi connectivity index (χ0) is 48.1. The highest BCUT2D eigenvalue weighted by atomic mass is 32.1. The molecule has 0 amide bonds. The number of thiophene rings is 1. The van der Waals surface area contributed by atoms with E-state index in [0.717, 1.165) is 23.2 Å². The first-order chi connectivity index (χ1) is 36.2. The zero-order valence-corrected chi connectivity index (χ0v) is 41.7. The first-order valence-corrected chi connectivity index (χ1v) is 27.4. The number of benzene rings is 10. The third-order valence-corrected chi connectivity index (χ3v) is 19.2. The standard InChI is InChI=1S/C71H55NS/c1-4-17-49(18-5-1)50-31-35-56(36-32-50)72(57-37-33-51(34-38-57)59-23-10-11-24-60(59)61-26-16-30-68-69(61)62-25-12-15-29-67(62)73-68)58-39-40-65-66(46-58)70(52-19-6-2-7-20-52,53-21-8-3-9-22-53)63-27-13-14-28-64(63)71(65)54-42-47-41-48(44-54)45-55(71)43-47/h1-40,46-48,54-55H,41-45H2. The second kappa shape index (κ2) is 16.9. The molecule has 4 bridgehead atoms. The average Bonchev–Trinajstić information content (AvgIpc) is 3.85. The maximum Gasteiger partial charge on any atom is 0.0708 e. The van der Waals surface area contributed by atoms with E-state index in [0.29, 0.717) is 11.8 Å². The molecule has 1 aromatic heterocycles. The highest BCUT2D eigenvalue weighted by molar-refractivity contribution is 7.25. The molecule has 0 radical (unpaired) electrons. The van der Waals surface area contributed by atoms with Crippen LogP contribution in [0.2, 0.25) is 0 Å². The van der Waals surface area contributed by atoms with Crippen molar-refractivity contribution in [3.8, 4) is 33.4 Å². The summed E-state index contributed by atoms with van der Waals surface area (Å²) in [5.41, 5.74) is 18.9. The predicted molar refractivity (Wildman–Crippen MR) is 306 cm³/mol. The molecule has 0 aliphatic heterocycles. The van der Waals surface area contributed by atoms with Gasteiger partial charge in [0.2, 0.25) is 0 Å². The molecule has 5 aliphatic rings. The van der Waals surface area contributed by atoms with Crippen LogP contribution in [0, 0.1) is 23.7 Å². The van der Waals surface area contributed by atoms with E-state index in [-0.39, 0.29) is 5.41 Å². The first kappa shape index (κ1) is 42.9. The van der Waals surface area contributed by atoms with E-state index >= 15 is 0 Å². The highest BCUT2D eigenvalue weighted by Gasteiger charge is 2.63. The molecule has 2 heteroatoms. The van der Waals surface area contributed by atoms with Crippen LogP contribution in [0.4, 0.5) is 17.1 Å². The largest absolute Gasteiger partial charge is 0.310 e. The molecule has 16 rings (SSSR count). The Labute approximate surface area is 433 Å². The Morgan fingerprint density at radius 1 is 0.342 bits per heavy atom. The van der Waals surface area contributed by atoms with Gasteiger partial charge in [0.15, 0.2) is 0 Å². The monoisotopic (exact) mass is 953 g/mol. The molecule has 0 unspecified atom stereocenters. The fourth-order valence-electron chi connectivity index (χ4n) is 15.4. The summed E-state index contributed by atoms with van der Waals surface area (Å²) in [6, 6.07) is 94.5. The lowest BCUT2D eigenvalue weighted by Gasteiger charge is -2.65. The molecule has 1 nitrogen and oxygen atoms in total. The van der Waals surface area contributed by atoms with Gasteiger partial charge in [-0.2, -0.15) is 0 Å². The number of fused-ring (bicyclic) bond motifs is 5. The van der Waals surface area contributed by atoms with Gasteiger partial charge in [0.25, 0.3) is 0 Å². The summed E-state index contributed by atoms with van der Waals surface area (Å²) in [6.07, 6.45) is 6.76. The quantitative estimate of drug-likeness (QED) is 0.147. The molecular formula is C71H55NS. The summed E-state index contributed by atoms with van der Waals surface area (Å²) in [5.74, 6) is 2.96. The van der Waals surface area contributed by atoms with Crippen LogP contribution in [0.5, 0.6) is 0 Å². The Kier molecular flexibility index (Phi) is 9.93. The fourth-order valence-corrected chi connectivity index (χ4v) is 16.5. The topological polar surface area (TPSA) is 3.24 Å². The normalized spacial score (nSPS) is 21.0. The van der Waals surface area contributed by atoms with E-state index < -0.39 is 5.41 Å². The SMILES string of the molecule is c1ccc(-c2ccc(N(c3ccc(-c4ccccc4-c4cccc5sc6ccccc6c45)cc3)c3ccc4c(c3)C(c3ccccc3)(c3ccccc3)c3ccccc3C43C4CC5CC(C4)CC3C5)cc2)cc1. The summed E-state index contributed by atoms with van der Waals surface area (Å²) in [5, 5.41) is 2.66. The minimum Gasteiger partial charge on any atom is -0.310 e. The van der Waals surface area contributed by atoms with Crippen molar-refractivity contribution in [1.29, 1.82) is 0 Å². The van der Waals surface area contributed by atoms with Gasteiger partial charge in [-0.15, -0.1) is 11.3 Å². The Morgan fingerprint density at radius 3 is 1.51 bits per heavy atom. The maximum absolute atomic E-state index is 2.64. The van der Waals surface area contributed by atoms with E-state index in [2.05, 4.69) is 254 Å². The van der Waals surface area contributed by atoms with Gasteiger partial charge in [-0.05, 0) is 171 Å². The van der Waals surface area contributed by atoms with E-state index in [4.69, 9.17) is 0 Å². The third kappa shape index (κ3) is 6.46. The van der Waals surface area contributed by atoms with Gasteiger partial charge in [-0.3, -0.25) is 0 Å². The van der Waals surface area contributed by atoms with Gasteiger partial charge in [0.05, 0.1) is 5.41 Å². The molecule has 4 fully saturated rings. The average molecular weight is 954 g/mol. The van der Waals surface area contributed by atoms with Gasteiger partial charge < -0.3 is 4.90 Å². The van der Waals surface area contributed by atoms with Gasteiger partial charge in [-0.25, -0.2) is 0 Å². The number of nitrogens with zero attached hydrogens (tertiary/aromatic N) is 1. The van der Waals surface area contributed by atoms with Gasteiger partial charge >= 0.3 is 0 Å². The molecule has 0 N–H and O–H groups in total. The van der Waals surface area contributed by atoms with Gasteiger partial charge in [-0.1, -0.05) is 200 Å². The Hall–Kier alpha value is -7.78. The van der Waals surface area contributed by atoms with Gasteiger partial charge in [0.1, 0.15) is 0 Å². The van der Waals surface area contributed by atoms with Crippen LogP contribution in [0.3, 0.4) is 0 Å². The van der Waals surface area contributed by atoms with Crippen molar-refractivity contribution in [3.05, 3.63) is 282 Å². The summed E-state index contributed by atoms with van der Waals surface area (Å²) in [6.45, 7) is 0. The number of rotatable bonds is 8. The Morgan fingerprint density at radius 2 is 0.836 bits per heavy atom. The lowest BCUT2D eigenvalue weighted by molar-refractivity contribution is -0.0440. The lowest BCUT2D eigenvalue weighted by atomic mass is 9.38. The van der Waals surface area contributed by atoms with Crippen LogP contribution in [0.25, 0.3) is 53.6 Å². The molecule has 11 aromatic rings. The minimum atomic E-state index is -0.544. The van der Waals surface area contributed by atoms with Crippen LogP contribution in [0.1, 0.15) is 65.5 Å². The van der Waals surface area contributed by atoms with Crippen molar-refractivity contribution in [2.75, 3.05) is 4.90 Å². The molecule has 10 aromatic carbocycles. The summed E-state index contributed by atoms with van der Waals surface area (Å²) >= 11 is 1.88. The van der Waals surface area contributed by atoms with E-state index in [9.17, 15) is 0 Å².